The molecule has 0 saturated heterocycles. The first kappa shape index (κ1) is 13.1. The van der Waals surface area contributed by atoms with E-state index in [2.05, 4.69) is 4.98 Å². The number of aliphatic hydroxyl groups is 1. The van der Waals surface area contributed by atoms with Gasteiger partial charge in [-0.05, 0) is 45.6 Å². The molecule has 0 aromatic carbocycles. The Hall–Kier alpha value is -1.29. The van der Waals surface area contributed by atoms with Crippen LogP contribution in [-0.4, -0.2) is 28.4 Å². The smallest absolute Gasteiger partial charge is 0.213 e. The van der Waals surface area contributed by atoms with Crippen LogP contribution < -0.4 is 9.47 Å². The molecule has 1 aliphatic rings. The van der Waals surface area contributed by atoms with Crippen molar-refractivity contribution in [1.29, 1.82) is 0 Å². The van der Waals surface area contributed by atoms with E-state index in [0.717, 1.165) is 31.4 Å². The van der Waals surface area contributed by atoms with E-state index >= 15 is 0 Å². The van der Waals surface area contributed by atoms with Crippen LogP contribution in [0.2, 0.25) is 0 Å². The molecule has 1 N–H and O–H groups in total. The van der Waals surface area contributed by atoms with Crippen LogP contribution in [0.5, 0.6) is 11.6 Å². The monoisotopic (exact) mass is 251 g/mol. The lowest BCUT2D eigenvalue weighted by atomic mass is 9.95. The van der Waals surface area contributed by atoms with Crippen molar-refractivity contribution in [3.63, 3.8) is 0 Å². The van der Waals surface area contributed by atoms with Gasteiger partial charge in [-0.2, -0.15) is 0 Å². The van der Waals surface area contributed by atoms with Gasteiger partial charge >= 0.3 is 0 Å². The van der Waals surface area contributed by atoms with Gasteiger partial charge < -0.3 is 14.6 Å². The van der Waals surface area contributed by atoms with Crippen molar-refractivity contribution in [2.45, 2.75) is 57.8 Å². The Kier molecular flexibility index (Phi) is 4.42. The van der Waals surface area contributed by atoms with Gasteiger partial charge in [0.25, 0.3) is 0 Å². The van der Waals surface area contributed by atoms with Crippen LogP contribution in [-0.2, 0) is 0 Å². The molecule has 1 heterocycles. The second-order valence-electron chi connectivity index (χ2n) is 5.05. The summed E-state index contributed by atoms with van der Waals surface area (Å²) >= 11 is 0. The molecule has 1 aliphatic carbocycles. The van der Waals surface area contributed by atoms with E-state index in [9.17, 15) is 5.11 Å². The summed E-state index contributed by atoms with van der Waals surface area (Å²) in [6, 6.07) is 3.71. The molecule has 100 valence electrons. The van der Waals surface area contributed by atoms with Crippen molar-refractivity contribution in [2.24, 2.45) is 0 Å². The number of aliphatic hydroxyl groups excluding tert-OH is 1. The molecule has 0 amide bonds. The lowest BCUT2D eigenvalue weighted by molar-refractivity contribution is 0.0643. The quantitative estimate of drug-likeness (QED) is 0.893. The van der Waals surface area contributed by atoms with Crippen molar-refractivity contribution in [3.05, 3.63) is 18.3 Å². The van der Waals surface area contributed by atoms with Gasteiger partial charge in [-0.25, -0.2) is 4.98 Å². The standard InChI is InChI=1S/C14H21NO3/c1-10(2)17-13-7-8-14(15-9-13)18-12-5-3-11(16)4-6-12/h7-12,16H,3-6H2,1-2H3. The first-order chi connectivity index (χ1) is 8.63. The van der Waals surface area contributed by atoms with Crippen LogP contribution in [0.3, 0.4) is 0 Å². The van der Waals surface area contributed by atoms with Crippen molar-refractivity contribution in [3.8, 4) is 11.6 Å². The maximum absolute atomic E-state index is 9.43. The molecule has 0 radical (unpaired) electrons. The van der Waals surface area contributed by atoms with Gasteiger partial charge in [0, 0.05) is 6.07 Å². The van der Waals surface area contributed by atoms with E-state index in [0.29, 0.717) is 5.88 Å². The highest BCUT2D eigenvalue weighted by Crippen LogP contribution is 2.23. The molecule has 4 heteroatoms. The van der Waals surface area contributed by atoms with Crippen LogP contribution in [0.1, 0.15) is 39.5 Å². The molecule has 1 saturated carbocycles. The number of hydrogen-bond acceptors (Lipinski definition) is 4. The summed E-state index contributed by atoms with van der Waals surface area (Å²) in [5.74, 6) is 1.39. The zero-order chi connectivity index (χ0) is 13.0. The molecule has 0 unspecified atom stereocenters. The number of aromatic nitrogens is 1. The zero-order valence-corrected chi connectivity index (χ0v) is 11.0. The molecule has 0 spiro atoms. The molecule has 0 bridgehead atoms. The van der Waals surface area contributed by atoms with Crippen LogP contribution in [0.15, 0.2) is 18.3 Å². The predicted octanol–water partition coefficient (Wildman–Crippen LogP) is 2.55. The summed E-state index contributed by atoms with van der Waals surface area (Å²) in [6.07, 6.45) is 5.29. The lowest BCUT2D eigenvalue weighted by Crippen LogP contribution is -2.26. The van der Waals surface area contributed by atoms with Crippen molar-refractivity contribution >= 4 is 0 Å². The van der Waals surface area contributed by atoms with Gasteiger partial charge in [-0.15, -0.1) is 0 Å². The van der Waals surface area contributed by atoms with E-state index in [-0.39, 0.29) is 18.3 Å². The highest BCUT2D eigenvalue weighted by atomic mass is 16.5. The molecule has 1 aromatic rings. The normalized spacial score (nSPS) is 24.0. The fraction of sp³-hybridized carbons (Fsp3) is 0.643. The first-order valence-corrected chi connectivity index (χ1v) is 6.61. The molecular weight excluding hydrogens is 230 g/mol. The lowest BCUT2D eigenvalue weighted by Gasteiger charge is -2.25. The molecular formula is C14H21NO3. The number of hydrogen-bond donors (Lipinski definition) is 1. The Balaban J connectivity index is 1.86. The summed E-state index contributed by atoms with van der Waals surface area (Å²) in [7, 11) is 0. The molecule has 4 nitrogen and oxygen atoms in total. The second kappa shape index (κ2) is 6.05. The van der Waals surface area contributed by atoms with Gasteiger partial charge in [-0.3, -0.25) is 0 Å². The zero-order valence-electron chi connectivity index (χ0n) is 11.0. The Labute approximate surface area is 108 Å². The van der Waals surface area contributed by atoms with Crippen molar-refractivity contribution in [2.75, 3.05) is 0 Å². The third-order valence-electron chi connectivity index (χ3n) is 3.01. The van der Waals surface area contributed by atoms with Crippen molar-refractivity contribution < 1.29 is 14.6 Å². The van der Waals surface area contributed by atoms with Gasteiger partial charge in [0.2, 0.25) is 5.88 Å². The van der Waals surface area contributed by atoms with Crippen LogP contribution in [0.25, 0.3) is 0 Å². The molecule has 1 aromatic heterocycles. The predicted molar refractivity (Wildman–Crippen MR) is 68.9 cm³/mol. The highest BCUT2D eigenvalue weighted by Gasteiger charge is 2.20. The largest absolute Gasteiger partial charge is 0.489 e. The summed E-state index contributed by atoms with van der Waals surface area (Å²) in [5, 5.41) is 9.43. The minimum Gasteiger partial charge on any atom is -0.489 e. The average Bonchev–Trinajstić information content (AvgIpc) is 2.34. The summed E-state index contributed by atoms with van der Waals surface area (Å²) in [5.41, 5.74) is 0. The number of nitrogens with zero attached hydrogens (tertiary/aromatic N) is 1. The summed E-state index contributed by atoms with van der Waals surface area (Å²) in [6.45, 7) is 3.97. The Morgan fingerprint density at radius 2 is 1.94 bits per heavy atom. The van der Waals surface area contributed by atoms with Gasteiger partial charge in [-0.1, -0.05) is 0 Å². The van der Waals surface area contributed by atoms with Crippen LogP contribution in [0.4, 0.5) is 0 Å². The number of rotatable bonds is 4. The van der Waals surface area contributed by atoms with E-state index < -0.39 is 0 Å². The molecule has 0 aliphatic heterocycles. The summed E-state index contributed by atoms with van der Waals surface area (Å²) < 4.78 is 11.3. The van der Waals surface area contributed by atoms with Gasteiger partial charge in [0.1, 0.15) is 11.9 Å². The molecule has 0 atom stereocenters. The second-order valence-corrected chi connectivity index (χ2v) is 5.05. The van der Waals surface area contributed by atoms with E-state index in [1.807, 2.05) is 26.0 Å². The SMILES string of the molecule is CC(C)Oc1ccc(OC2CCC(O)CC2)nc1. The Bertz CT molecular complexity index is 356. The van der Waals surface area contributed by atoms with Crippen molar-refractivity contribution in [1.82, 2.24) is 4.98 Å². The van der Waals surface area contributed by atoms with Gasteiger partial charge in [0.15, 0.2) is 0 Å². The fourth-order valence-electron chi connectivity index (χ4n) is 2.11. The van der Waals surface area contributed by atoms with Gasteiger partial charge in [0.05, 0.1) is 18.4 Å². The fourth-order valence-corrected chi connectivity index (χ4v) is 2.11. The minimum absolute atomic E-state index is 0.151. The Morgan fingerprint density at radius 1 is 1.22 bits per heavy atom. The summed E-state index contributed by atoms with van der Waals surface area (Å²) in [4.78, 5) is 4.24. The maximum atomic E-state index is 9.43. The third kappa shape index (κ3) is 3.88. The third-order valence-corrected chi connectivity index (χ3v) is 3.01. The first-order valence-electron chi connectivity index (χ1n) is 6.61. The van der Waals surface area contributed by atoms with Crippen LogP contribution >= 0.6 is 0 Å². The average molecular weight is 251 g/mol. The van der Waals surface area contributed by atoms with E-state index in [4.69, 9.17) is 9.47 Å². The molecule has 2 rings (SSSR count). The minimum atomic E-state index is -0.153. The highest BCUT2D eigenvalue weighted by molar-refractivity contribution is 5.23. The van der Waals surface area contributed by atoms with Crippen LogP contribution in [0, 0.1) is 0 Å². The maximum Gasteiger partial charge on any atom is 0.213 e. The topological polar surface area (TPSA) is 51.6 Å². The van der Waals surface area contributed by atoms with E-state index in [1.165, 1.54) is 0 Å². The van der Waals surface area contributed by atoms with E-state index in [1.54, 1.807) is 6.20 Å². The molecule has 18 heavy (non-hydrogen) atoms. The molecule has 1 fully saturated rings. The number of pyridine rings is 1. The Morgan fingerprint density at radius 3 is 2.50 bits per heavy atom. The number of ether oxygens (including phenoxy) is 2.